The zero-order valence-corrected chi connectivity index (χ0v) is 14.9. The molecule has 0 spiro atoms. The Labute approximate surface area is 149 Å². The molecule has 6 nitrogen and oxygen atoms in total. The number of benzene rings is 1. The molecule has 1 fully saturated rings. The van der Waals surface area contributed by atoms with Crippen molar-refractivity contribution < 1.29 is 19.2 Å². The Balaban J connectivity index is 1.89. The number of hydrogen-bond donors (Lipinski definition) is 2. The third kappa shape index (κ3) is 5.50. The minimum atomic E-state index is -0.0915. The van der Waals surface area contributed by atoms with E-state index in [0.717, 1.165) is 18.7 Å². The Kier molecular flexibility index (Phi) is 7.30. The Bertz CT molecular complexity index is 652. The van der Waals surface area contributed by atoms with Crippen LogP contribution in [0.1, 0.15) is 25.3 Å². The number of hydrogen-bond acceptors (Lipinski definition) is 4. The van der Waals surface area contributed by atoms with Crippen LogP contribution in [0.25, 0.3) is 6.08 Å². The van der Waals surface area contributed by atoms with E-state index in [9.17, 15) is 4.79 Å². The van der Waals surface area contributed by atoms with Crippen molar-refractivity contribution in [2.45, 2.75) is 25.8 Å². The molecule has 1 aliphatic rings. The number of nitrogens with one attached hydrogen (secondary N) is 2. The third-order valence-corrected chi connectivity index (χ3v) is 4.51. The van der Waals surface area contributed by atoms with Gasteiger partial charge in [0.05, 0.1) is 26.7 Å². The van der Waals surface area contributed by atoms with E-state index in [-0.39, 0.29) is 12.5 Å². The van der Waals surface area contributed by atoms with Crippen molar-refractivity contribution in [3.05, 3.63) is 29.8 Å². The van der Waals surface area contributed by atoms with E-state index in [4.69, 9.17) is 14.7 Å². The maximum absolute atomic E-state index is 12.0. The molecule has 1 aromatic carbocycles. The lowest BCUT2D eigenvalue weighted by molar-refractivity contribution is -0.909. The van der Waals surface area contributed by atoms with Crippen LogP contribution in [0.15, 0.2) is 24.3 Å². The van der Waals surface area contributed by atoms with Crippen LogP contribution in [0.2, 0.25) is 0 Å². The minimum absolute atomic E-state index is 0.0358. The molecule has 0 aromatic heterocycles. The summed E-state index contributed by atoms with van der Waals surface area (Å²) >= 11 is 0. The van der Waals surface area contributed by atoms with Gasteiger partial charge >= 0.3 is 0 Å². The smallest absolute Gasteiger partial charge is 0.244 e. The predicted molar refractivity (Wildman–Crippen MR) is 95.5 cm³/mol. The van der Waals surface area contributed by atoms with Gasteiger partial charge in [-0.25, -0.2) is 0 Å². The second-order valence-corrected chi connectivity index (χ2v) is 6.04. The maximum Gasteiger partial charge on any atom is 0.244 e. The molecule has 0 bridgehead atoms. The number of likely N-dealkylation sites (tertiary alicyclic amines) is 1. The van der Waals surface area contributed by atoms with Crippen LogP contribution in [0.3, 0.4) is 0 Å². The summed E-state index contributed by atoms with van der Waals surface area (Å²) in [5.74, 6) is 0.951. The first-order chi connectivity index (χ1) is 12.2. The molecule has 0 radical (unpaired) electrons. The third-order valence-electron chi connectivity index (χ3n) is 4.51. The lowest BCUT2D eigenvalue weighted by Crippen LogP contribution is -3.14. The number of carbonyl (C=O) groups excluding carboxylic acids is 1. The second-order valence-electron chi connectivity index (χ2n) is 6.04. The maximum atomic E-state index is 12.0. The summed E-state index contributed by atoms with van der Waals surface area (Å²) in [5.41, 5.74) is 0.831. The molecule has 2 rings (SSSR count). The zero-order valence-electron chi connectivity index (χ0n) is 14.9. The van der Waals surface area contributed by atoms with E-state index in [1.54, 1.807) is 23.1 Å². The highest BCUT2D eigenvalue weighted by Crippen LogP contribution is 2.28. The highest BCUT2D eigenvalue weighted by Gasteiger charge is 2.26. The summed E-state index contributed by atoms with van der Waals surface area (Å²) in [6, 6.07) is 7.77. The van der Waals surface area contributed by atoms with Crippen molar-refractivity contribution in [2.24, 2.45) is 0 Å². The Morgan fingerprint density at radius 2 is 2.32 bits per heavy atom. The van der Waals surface area contributed by atoms with Gasteiger partial charge in [-0.3, -0.25) is 4.79 Å². The van der Waals surface area contributed by atoms with Gasteiger partial charge in [0.15, 0.2) is 18.1 Å². The number of likely N-dealkylation sites (N-methyl/N-ethyl adjacent to an activating group) is 1. The number of nitriles is 1. The largest absolute Gasteiger partial charge is 0.493 e. The molecule has 2 atom stereocenters. The fourth-order valence-corrected chi connectivity index (χ4v) is 3.17. The fraction of sp³-hybridized carbons (Fsp3) is 0.474. The lowest BCUT2D eigenvalue weighted by atomic mass is 10.2. The topological polar surface area (TPSA) is 75.8 Å². The molecule has 134 valence electrons. The molecule has 1 aliphatic heterocycles. The van der Waals surface area contributed by atoms with Crippen LogP contribution >= 0.6 is 0 Å². The van der Waals surface area contributed by atoms with Crippen molar-refractivity contribution in [1.29, 1.82) is 5.26 Å². The molecule has 6 heteroatoms. The number of rotatable bonds is 8. The van der Waals surface area contributed by atoms with Gasteiger partial charge in [0, 0.05) is 18.9 Å². The van der Waals surface area contributed by atoms with E-state index in [1.807, 2.05) is 12.1 Å². The van der Waals surface area contributed by atoms with Crippen molar-refractivity contribution >= 4 is 12.0 Å². The van der Waals surface area contributed by atoms with E-state index in [0.29, 0.717) is 17.5 Å². The lowest BCUT2D eigenvalue weighted by Gasteiger charge is -2.19. The number of quaternary nitrogens is 1. The summed E-state index contributed by atoms with van der Waals surface area (Å²) in [4.78, 5) is 13.6. The number of nitrogens with zero attached hydrogens (tertiary/aromatic N) is 1. The van der Waals surface area contributed by atoms with Gasteiger partial charge in [0.1, 0.15) is 12.1 Å². The van der Waals surface area contributed by atoms with Crippen molar-refractivity contribution in [1.82, 2.24) is 5.32 Å². The van der Waals surface area contributed by atoms with Crippen molar-refractivity contribution in [3.63, 3.8) is 0 Å². The average Bonchev–Trinajstić information content (AvgIpc) is 3.10. The summed E-state index contributed by atoms with van der Waals surface area (Å²) < 4.78 is 10.5. The van der Waals surface area contributed by atoms with Crippen LogP contribution in [0, 0.1) is 11.3 Å². The first-order valence-corrected chi connectivity index (χ1v) is 8.66. The van der Waals surface area contributed by atoms with E-state index in [1.165, 1.54) is 32.6 Å². The van der Waals surface area contributed by atoms with Crippen LogP contribution in [-0.4, -0.2) is 45.3 Å². The summed E-state index contributed by atoms with van der Waals surface area (Å²) in [7, 11) is 1.54. The van der Waals surface area contributed by atoms with Crippen LogP contribution in [0.5, 0.6) is 11.5 Å². The number of methoxy groups -OCH3 is 1. The monoisotopic (exact) mass is 344 g/mol. The van der Waals surface area contributed by atoms with Gasteiger partial charge in [-0.1, -0.05) is 6.07 Å². The van der Waals surface area contributed by atoms with Gasteiger partial charge in [-0.15, -0.1) is 0 Å². The quantitative estimate of drug-likeness (QED) is 0.684. The number of carbonyl (C=O) groups is 1. The minimum Gasteiger partial charge on any atom is -0.493 e. The molecule has 25 heavy (non-hydrogen) atoms. The van der Waals surface area contributed by atoms with Gasteiger partial charge in [0.2, 0.25) is 5.91 Å². The standard InChI is InChI=1S/C19H25N3O3/c1-3-22-11-4-5-16(22)14-21-19(23)9-7-15-6-8-17(25-12-10-20)18(13-15)24-2/h6-9,13,16H,3-5,11-12,14H2,1-2H3,(H,21,23)/p+1/b9-7+/t16-/m0/s1. The molecular weight excluding hydrogens is 318 g/mol. The van der Waals surface area contributed by atoms with Gasteiger partial charge < -0.3 is 19.7 Å². The predicted octanol–water partition coefficient (Wildman–Crippen LogP) is 0.794. The summed E-state index contributed by atoms with van der Waals surface area (Å²) in [6.07, 6.45) is 5.68. The first-order valence-electron chi connectivity index (χ1n) is 8.66. The van der Waals surface area contributed by atoms with Crippen LogP contribution < -0.4 is 19.7 Å². The average molecular weight is 344 g/mol. The molecule has 0 saturated carbocycles. The van der Waals surface area contributed by atoms with Crippen LogP contribution in [-0.2, 0) is 4.79 Å². The molecule has 1 amide bonds. The molecule has 1 aromatic rings. The Morgan fingerprint density at radius 3 is 3.04 bits per heavy atom. The van der Waals surface area contributed by atoms with Gasteiger partial charge in [-0.05, 0) is 30.7 Å². The Hall–Kier alpha value is -2.52. The molecule has 1 unspecified atom stereocenters. The van der Waals surface area contributed by atoms with E-state index in [2.05, 4.69) is 12.2 Å². The SMILES string of the molecule is CC[NH+]1CCC[C@H]1CNC(=O)/C=C/c1ccc(OCC#N)c(OC)c1. The zero-order chi connectivity index (χ0) is 18.1. The second kappa shape index (κ2) is 9.70. The van der Waals surface area contributed by atoms with Crippen LogP contribution in [0.4, 0.5) is 0 Å². The number of amides is 1. The molecular formula is C19H26N3O3+. The van der Waals surface area contributed by atoms with E-state index < -0.39 is 0 Å². The van der Waals surface area contributed by atoms with Gasteiger partial charge in [-0.2, -0.15) is 5.26 Å². The van der Waals surface area contributed by atoms with Crippen molar-refractivity contribution in [2.75, 3.05) is 33.4 Å². The molecule has 0 aliphatic carbocycles. The Morgan fingerprint density at radius 1 is 1.48 bits per heavy atom. The summed E-state index contributed by atoms with van der Waals surface area (Å²) in [6.45, 7) is 5.18. The normalized spacial score (nSPS) is 19.6. The summed E-state index contributed by atoms with van der Waals surface area (Å²) in [5, 5.41) is 11.6. The van der Waals surface area contributed by atoms with E-state index >= 15 is 0 Å². The molecule has 1 saturated heterocycles. The molecule has 1 heterocycles. The number of ether oxygens (including phenoxy) is 2. The molecule has 2 N–H and O–H groups in total. The first kappa shape index (κ1) is 18.8. The van der Waals surface area contributed by atoms with Crippen molar-refractivity contribution in [3.8, 4) is 17.6 Å². The highest BCUT2D eigenvalue weighted by molar-refractivity contribution is 5.91. The van der Waals surface area contributed by atoms with Gasteiger partial charge in [0.25, 0.3) is 0 Å². The fourth-order valence-electron chi connectivity index (χ4n) is 3.17. The highest BCUT2D eigenvalue weighted by atomic mass is 16.5.